The molecule has 0 saturated carbocycles. The van der Waals surface area contributed by atoms with Gasteiger partial charge in [-0.25, -0.2) is 0 Å². The Hall–Kier alpha value is -0.0126. The van der Waals surface area contributed by atoms with Gasteiger partial charge in [0, 0.05) is 0 Å². The summed E-state index contributed by atoms with van der Waals surface area (Å²) in [5.74, 6) is 0.0243. The summed E-state index contributed by atoms with van der Waals surface area (Å²) in [6.07, 6.45) is 0.676. The summed E-state index contributed by atoms with van der Waals surface area (Å²) in [7, 11) is 0. The quantitative estimate of drug-likeness (QED) is 0.416. The molecule has 0 aromatic heterocycles. The molecule has 5 N–H and O–H groups in total. The Morgan fingerprint density at radius 2 is 1.82 bits per heavy atom. The SMILES string of the molecule is CC(C)C[C@H](N)C(N)=O.[Li+].[OH-]. The topological polar surface area (TPSA) is 99.1 Å². The predicted octanol–water partition coefficient (Wildman–Crippen LogP) is -3.33. The Balaban J connectivity index is -0.000000320. The maximum atomic E-state index is 10.3. The van der Waals surface area contributed by atoms with Crippen LogP contribution < -0.4 is 30.3 Å². The van der Waals surface area contributed by atoms with Crippen molar-refractivity contribution >= 4 is 5.91 Å². The number of carbonyl (C=O) groups excluding carboxylic acids is 1. The van der Waals surface area contributed by atoms with Crippen molar-refractivity contribution in [1.82, 2.24) is 0 Å². The summed E-state index contributed by atoms with van der Waals surface area (Å²) in [5.41, 5.74) is 10.3. The van der Waals surface area contributed by atoms with Crippen molar-refractivity contribution in [3.63, 3.8) is 0 Å². The number of hydrogen-bond acceptors (Lipinski definition) is 3. The molecule has 0 aliphatic rings. The molecule has 0 spiro atoms. The molecule has 0 aliphatic heterocycles. The van der Waals surface area contributed by atoms with Crippen molar-refractivity contribution in [3.05, 3.63) is 0 Å². The second-order valence-corrected chi connectivity index (χ2v) is 2.64. The van der Waals surface area contributed by atoms with Crippen molar-refractivity contribution < 1.29 is 29.1 Å². The minimum Gasteiger partial charge on any atom is -0.870 e. The Morgan fingerprint density at radius 1 is 1.45 bits per heavy atom. The van der Waals surface area contributed by atoms with Crippen molar-refractivity contribution in [2.24, 2.45) is 17.4 Å². The molecule has 0 aromatic rings. The van der Waals surface area contributed by atoms with E-state index in [0.717, 1.165) is 0 Å². The van der Waals surface area contributed by atoms with E-state index in [2.05, 4.69) is 0 Å². The first kappa shape index (κ1) is 17.2. The molecule has 0 heterocycles. The number of carbonyl (C=O) groups is 1. The summed E-state index contributed by atoms with van der Waals surface area (Å²) >= 11 is 0. The minimum atomic E-state index is -0.468. The second kappa shape index (κ2) is 8.09. The van der Waals surface area contributed by atoms with E-state index in [4.69, 9.17) is 11.5 Å². The van der Waals surface area contributed by atoms with E-state index in [-0.39, 0.29) is 24.3 Å². The van der Waals surface area contributed by atoms with Gasteiger partial charge in [0.25, 0.3) is 0 Å². The fourth-order valence-electron chi connectivity index (χ4n) is 0.624. The van der Waals surface area contributed by atoms with Gasteiger partial charge in [-0.1, -0.05) is 13.8 Å². The number of primary amides is 1. The Bertz CT molecular complexity index is 109. The average Bonchev–Trinajstić information content (AvgIpc) is 1.63. The van der Waals surface area contributed by atoms with Gasteiger partial charge in [-0.3, -0.25) is 4.79 Å². The van der Waals surface area contributed by atoms with Crippen molar-refractivity contribution in [2.45, 2.75) is 26.3 Å². The van der Waals surface area contributed by atoms with Crippen LogP contribution in [0.1, 0.15) is 20.3 Å². The molecule has 5 heteroatoms. The van der Waals surface area contributed by atoms with Crippen LogP contribution in [0.15, 0.2) is 0 Å². The Morgan fingerprint density at radius 3 is 1.91 bits per heavy atom. The first-order chi connectivity index (χ1) is 4.04. The van der Waals surface area contributed by atoms with E-state index in [9.17, 15) is 4.79 Å². The molecule has 0 fully saturated rings. The largest absolute Gasteiger partial charge is 1.00 e. The molecule has 0 aliphatic carbocycles. The zero-order valence-electron chi connectivity index (χ0n) is 7.37. The van der Waals surface area contributed by atoms with E-state index in [1.165, 1.54) is 0 Å². The molecule has 0 saturated heterocycles. The van der Waals surface area contributed by atoms with Crippen LogP contribution in [0.2, 0.25) is 0 Å². The molecule has 0 aromatic carbocycles. The van der Waals surface area contributed by atoms with Crippen LogP contribution in [0, 0.1) is 5.92 Å². The summed E-state index contributed by atoms with van der Waals surface area (Å²) in [6.45, 7) is 4.01. The van der Waals surface area contributed by atoms with Gasteiger partial charge in [0.05, 0.1) is 6.04 Å². The van der Waals surface area contributed by atoms with Gasteiger partial charge in [0.2, 0.25) is 5.91 Å². The average molecular weight is 154 g/mol. The van der Waals surface area contributed by atoms with Gasteiger partial charge in [-0.2, -0.15) is 0 Å². The van der Waals surface area contributed by atoms with Crippen LogP contribution in [0.5, 0.6) is 0 Å². The third-order valence-electron chi connectivity index (χ3n) is 1.09. The fraction of sp³-hybridized carbons (Fsp3) is 0.833. The van der Waals surface area contributed by atoms with E-state index < -0.39 is 11.9 Å². The second-order valence-electron chi connectivity index (χ2n) is 2.64. The molecular weight excluding hydrogens is 139 g/mol. The molecule has 0 bridgehead atoms. The predicted molar refractivity (Wildman–Crippen MR) is 38.6 cm³/mol. The summed E-state index contributed by atoms with van der Waals surface area (Å²) in [5, 5.41) is 0. The van der Waals surface area contributed by atoms with Gasteiger partial charge in [-0.15, -0.1) is 0 Å². The van der Waals surface area contributed by atoms with Crippen LogP contribution in [-0.2, 0) is 4.79 Å². The molecule has 62 valence electrons. The molecule has 0 radical (unpaired) electrons. The summed E-state index contributed by atoms with van der Waals surface area (Å²) in [4.78, 5) is 10.3. The first-order valence-electron chi connectivity index (χ1n) is 3.09. The number of amides is 1. The molecular formula is C6H15LiN2O2. The van der Waals surface area contributed by atoms with E-state index in [1.54, 1.807) is 0 Å². The monoisotopic (exact) mass is 154 g/mol. The molecule has 4 nitrogen and oxygen atoms in total. The fourth-order valence-corrected chi connectivity index (χ4v) is 0.624. The molecule has 1 amide bonds. The zero-order chi connectivity index (χ0) is 7.44. The third kappa shape index (κ3) is 9.99. The van der Waals surface area contributed by atoms with Crippen molar-refractivity contribution in [3.8, 4) is 0 Å². The normalized spacial score (nSPS) is 11.3. The van der Waals surface area contributed by atoms with Crippen LogP contribution in [-0.4, -0.2) is 17.4 Å². The van der Waals surface area contributed by atoms with Gasteiger partial charge >= 0.3 is 18.9 Å². The smallest absolute Gasteiger partial charge is 0.870 e. The number of rotatable bonds is 3. The molecule has 0 unspecified atom stereocenters. The van der Waals surface area contributed by atoms with Gasteiger partial charge in [0.1, 0.15) is 0 Å². The van der Waals surface area contributed by atoms with Crippen LogP contribution in [0.4, 0.5) is 0 Å². The number of nitrogens with two attached hydrogens (primary N) is 2. The van der Waals surface area contributed by atoms with Gasteiger partial charge in [-0.05, 0) is 12.3 Å². The van der Waals surface area contributed by atoms with E-state index in [1.807, 2.05) is 13.8 Å². The Kier molecular flexibility index (Phi) is 12.6. The Labute approximate surface area is 79.2 Å². The third-order valence-corrected chi connectivity index (χ3v) is 1.09. The molecule has 0 rings (SSSR count). The van der Waals surface area contributed by atoms with E-state index >= 15 is 0 Å². The maximum absolute atomic E-state index is 10.3. The van der Waals surface area contributed by atoms with Gasteiger partial charge < -0.3 is 16.9 Å². The van der Waals surface area contributed by atoms with E-state index in [0.29, 0.717) is 12.3 Å². The first-order valence-corrected chi connectivity index (χ1v) is 3.09. The van der Waals surface area contributed by atoms with Gasteiger partial charge in [0.15, 0.2) is 0 Å². The van der Waals surface area contributed by atoms with Crippen molar-refractivity contribution in [1.29, 1.82) is 0 Å². The van der Waals surface area contributed by atoms with Crippen LogP contribution >= 0.6 is 0 Å². The molecule has 1 atom stereocenters. The zero-order valence-corrected chi connectivity index (χ0v) is 7.37. The minimum absolute atomic E-state index is 0. The summed E-state index contributed by atoms with van der Waals surface area (Å²) < 4.78 is 0. The number of hydrogen-bond donors (Lipinski definition) is 2. The standard InChI is InChI=1S/C6H14N2O.Li.H2O/c1-4(2)3-5(7)6(8)9;;/h4-5H,3,7H2,1-2H3,(H2,8,9);;1H2/q;+1;/p-1/t5-;;/m0../s1. The van der Waals surface area contributed by atoms with Crippen LogP contribution in [0.3, 0.4) is 0 Å². The van der Waals surface area contributed by atoms with Crippen molar-refractivity contribution in [2.75, 3.05) is 0 Å². The van der Waals surface area contributed by atoms with Crippen LogP contribution in [0.25, 0.3) is 0 Å². The maximum Gasteiger partial charge on any atom is 1.00 e. The summed E-state index contributed by atoms with van der Waals surface area (Å²) in [6, 6.07) is -0.468. The molecule has 11 heavy (non-hydrogen) atoms.